The maximum atomic E-state index is 9.33. The van der Waals surface area contributed by atoms with Crippen molar-refractivity contribution in [1.29, 1.82) is 0 Å². The second-order valence-corrected chi connectivity index (χ2v) is 8.08. The molecule has 2 heterocycles. The van der Waals surface area contributed by atoms with E-state index >= 15 is 0 Å². The average Bonchev–Trinajstić information content (AvgIpc) is 3.13. The third-order valence-corrected chi connectivity index (χ3v) is 5.42. The monoisotopic (exact) mass is 401 g/mol. The molecule has 0 atom stereocenters. The van der Waals surface area contributed by atoms with Gasteiger partial charge < -0.3 is 10.0 Å². The van der Waals surface area contributed by atoms with Crippen molar-refractivity contribution in [3.63, 3.8) is 0 Å². The van der Waals surface area contributed by atoms with Crippen LogP contribution in [0.5, 0.6) is 0 Å². The summed E-state index contributed by atoms with van der Waals surface area (Å²) in [6.07, 6.45) is 4.97. The number of benzene rings is 1. The molecule has 1 aromatic carbocycles. The predicted molar refractivity (Wildman–Crippen MR) is 117 cm³/mol. The van der Waals surface area contributed by atoms with Crippen molar-refractivity contribution in [2.75, 3.05) is 24.6 Å². The highest BCUT2D eigenvalue weighted by Crippen LogP contribution is 2.25. The molecule has 0 fully saturated rings. The molecule has 3 aromatic rings. The molecule has 0 radical (unpaired) electrons. The predicted octanol–water partition coefficient (Wildman–Crippen LogP) is 5.36. The van der Waals surface area contributed by atoms with E-state index in [9.17, 15) is 5.11 Å². The number of aliphatic hydroxyl groups is 1. The van der Waals surface area contributed by atoms with Crippen LogP contribution in [-0.2, 0) is 0 Å². The topological polar surface area (TPSA) is 49.2 Å². The second kappa shape index (κ2) is 9.31. The molecule has 0 aliphatic heterocycles. The van der Waals surface area contributed by atoms with Crippen LogP contribution in [0, 0.1) is 5.92 Å². The van der Waals surface area contributed by atoms with Gasteiger partial charge in [0.25, 0.3) is 0 Å². The summed E-state index contributed by atoms with van der Waals surface area (Å²) >= 11 is 7.78. The van der Waals surface area contributed by atoms with Gasteiger partial charge in [0, 0.05) is 24.2 Å². The quantitative estimate of drug-likeness (QED) is 0.516. The molecule has 142 valence electrons. The fraction of sp³-hybridized carbons (Fsp3) is 0.333. The first kappa shape index (κ1) is 19.8. The number of thiophene rings is 1. The van der Waals surface area contributed by atoms with Crippen LogP contribution in [0.1, 0.15) is 31.7 Å². The summed E-state index contributed by atoms with van der Waals surface area (Å²) in [6.45, 7) is 6.18. The number of anilines is 1. The number of halogens is 1. The highest BCUT2D eigenvalue weighted by Gasteiger charge is 2.07. The van der Waals surface area contributed by atoms with Crippen LogP contribution in [0.3, 0.4) is 0 Å². The zero-order chi connectivity index (χ0) is 19.2. The fourth-order valence-electron chi connectivity index (χ4n) is 2.78. The molecule has 27 heavy (non-hydrogen) atoms. The van der Waals surface area contributed by atoms with Crippen LogP contribution < -0.4 is 4.90 Å². The van der Waals surface area contributed by atoms with E-state index in [0.717, 1.165) is 34.4 Å². The molecule has 2 aromatic heterocycles. The number of nitrogens with zero attached hydrogens (tertiary/aromatic N) is 3. The lowest BCUT2D eigenvalue weighted by Gasteiger charge is -2.25. The maximum absolute atomic E-state index is 9.33. The number of rotatable bonds is 8. The molecule has 1 N–H and O–H groups in total. The highest BCUT2D eigenvalue weighted by molar-refractivity contribution is 7.16. The van der Waals surface area contributed by atoms with E-state index in [2.05, 4.69) is 53.0 Å². The minimum atomic E-state index is 0.156. The molecular weight excluding hydrogens is 378 g/mol. The first-order valence-electron chi connectivity index (χ1n) is 9.11. The minimum absolute atomic E-state index is 0.156. The smallest absolute Gasteiger partial charge is 0.155 e. The van der Waals surface area contributed by atoms with Crippen molar-refractivity contribution in [2.24, 2.45) is 5.92 Å². The lowest BCUT2D eigenvalue weighted by molar-refractivity contribution is 0.301. The number of fused-ring (bicyclic) bond motifs is 1. The first-order valence-corrected chi connectivity index (χ1v) is 10.4. The molecule has 0 saturated heterocycles. The van der Waals surface area contributed by atoms with Crippen LogP contribution in [0.15, 0.2) is 35.7 Å². The Kier molecular flexibility index (Phi) is 6.83. The molecule has 0 unspecified atom stereocenters. The van der Waals surface area contributed by atoms with Crippen molar-refractivity contribution in [2.45, 2.75) is 20.3 Å². The standard InChI is InChI=1S/C21H24ClN3OS/c1-15(2)9-11-25(12-13-26)17-6-3-16(4-7-17)5-8-19-23-20(22)18-10-14-27-21(18)24-19/h3-8,10,14-15,26H,9,11-13H2,1-2H3/b8-5+. The molecule has 6 heteroatoms. The average molecular weight is 402 g/mol. The summed E-state index contributed by atoms with van der Waals surface area (Å²) in [5, 5.41) is 12.7. The summed E-state index contributed by atoms with van der Waals surface area (Å²) < 4.78 is 0. The molecule has 0 amide bonds. The zero-order valence-corrected chi connectivity index (χ0v) is 17.2. The molecule has 0 aliphatic carbocycles. The van der Waals surface area contributed by atoms with Gasteiger partial charge in [0.15, 0.2) is 5.82 Å². The van der Waals surface area contributed by atoms with E-state index in [0.29, 0.717) is 23.4 Å². The Balaban J connectivity index is 1.72. The van der Waals surface area contributed by atoms with E-state index < -0.39 is 0 Å². The number of aromatic nitrogens is 2. The van der Waals surface area contributed by atoms with Gasteiger partial charge in [-0.3, -0.25) is 0 Å². The lowest BCUT2D eigenvalue weighted by atomic mass is 10.1. The van der Waals surface area contributed by atoms with Gasteiger partial charge in [0.05, 0.1) is 6.61 Å². The molecule has 4 nitrogen and oxygen atoms in total. The van der Waals surface area contributed by atoms with Gasteiger partial charge in [-0.15, -0.1) is 11.3 Å². The Labute approximate surface area is 169 Å². The molecule has 0 spiro atoms. The molecule has 3 rings (SSSR count). The van der Waals surface area contributed by atoms with E-state index in [-0.39, 0.29) is 6.61 Å². The van der Waals surface area contributed by atoms with E-state index in [1.807, 2.05) is 23.6 Å². The summed E-state index contributed by atoms with van der Waals surface area (Å²) in [7, 11) is 0. The molecule has 0 aliphatic rings. The summed E-state index contributed by atoms with van der Waals surface area (Å²) in [6, 6.07) is 10.2. The Morgan fingerprint density at radius 3 is 2.59 bits per heavy atom. The van der Waals surface area contributed by atoms with Crippen LogP contribution in [0.4, 0.5) is 5.69 Å². The first-order chi connectivity index (χ1) is 13.1. The number of hydrogen-bond acceptors (Lipinski definition) is 5. The third-order valence-electron chi connectivity index (χ3n) is 4.33. The van der Waals surface area contributed by atoms with Crippen molar-refractivity contribution in [1.82, 2.24) is 9.97 Å². The van der Waals surface area contributed by atoms with Gasteiger partial charge in [-0.25, -0.2) is 9.97 Å². The largest absolute Gasteiger partial charge is 0.395 e. The maximum Gasteiger partial charge on any atom is 0.155 e. The Bertz CT molecular complexity index is 905. The van der Waals surface area contributed by atoms with Crippen LogP contribution in [-0.4, -0.2) is 34.8 Å². The molecule has 0 saturated carbocycles. The summed E-state index contributed by atoms with van der Waals surface area (Å²) in [5.74, 6) is 1.25. The minimum Gasteiger partial charge on any atom is -0.395 e. The van der Waals surface area contributed by atoms with E-state index in [1.54, 1.807) is 11.3 Å². The Morgan fingerprint density at radius 2 is 1.89 bits per heavy atom. The van der Waals surface area contributed by atoms with Crippen molar-refractivity contribution < 1.29 is 5.11 Å². The van der Waals surface area contributed by atoms with Crippen molar-refractivity contribution in [3.8, 4) is 0 Å². The van der Waals surface area contributed by atoms with Crippen LogP contribution >= 0.6 is 22.9 Å². The summed E-state index contributed by atoms with van der Waals surface area (Å²) in [4.78, 5) is 12.0. The lowest BCUT2D eigenvalue weighted by Crippen LogP contribution is -2.28. The second-order valence-electron chi connectivity index (χ2n) is 6.83. The van der Waals surface area contributed by atoms with Crippen LogP contribution in [0.2, 0.25) is 5.15 Å². The van der Waals surface area contributed by atoms with Gasteiger partial charge in [-0.05, 0) is 47.6 Å². The number of hydrogen-bond donors (Lipinski definition) is 1. The van der Waals surface area contributed by atoms with Gasteiger partial charge >= 0.3 is 0 Å². The number of aliphatic hydroxyl groups excluding tert-OH is 1. The van der Waals surface area contributed by atoms with Crippen molar-refractivity contribution in [3.05, 3.63) is 52.3 Å². The van der Waals surface area contributed by atoms with Gasteiger partial charge in [0.2, 0.25) is 0 Å². The van der Waals surface area contributed by atoms with E-state index in [4.69, 9.17) is 11.6 Å². The molecule has 0 bridgehead atoms. The molecular formula is C21H24ClN3OS. The Morgan fingerprint density at radius 1 is 1.11 bits per heavy atom. The highest BCUT2D eigenvalue weighted by atomic mass is 35.5. The van der Waals surface area contributed by atoms with Gasteiger partial charge in [0.1, 0.15) is 9.98 Å². The summed E-state index contributed by atoms with van der Waals surface area (Å²) in [5.41, 5.74) is 2.19. The van der Waals surface area contributed by atoms with Crippen LogP contribution in [0.25, 0.3) is 22.4 Å². The van der Waals surface area contributed by atoms with Gasteiger partial charge in [-0.1, -0.05) is 43.7 Å². The SMILES string of the molecule is CC(C)CCN(CCO)c1ccc(/C=C/c2nc(Cl)c3ccsc3n2)cc1. The van der Waals surface area contributed by atoms with E-state index in [1.165, 1.54) is 0 Å². The van der Waals surface area contributed by atoms with Gasteiger partial charge in [-0.2, -0.15) is 0 Å². The third kappa shape index (κ3) is 5.28. The Hall–Kier alpha value is -1.95. The normalized spacial score (nSPS) is 11.7. The zero-order valence-electron chi connectivity index (χ0n) is 15.6. The fourth-order valence-corrected chi connectivity index (χ4v) is 3.85. The van der Waals surface area contributed by atoms with Crippen molar-refractivity contribution >= 4 is 51.0 Å².